The smallest absolute Gasteiger partial charge is 0.305 e. The third-order valence-electron chi connectivity index (χ3n) is 5.60. The number of esters is 1. The molecule has 1 aliphatic rings. The van der Waals surface area contributed by atoms with E-state index >= 15 is 0 Å². The third kappa shape index (κ3) is 8.13. The van der Waals surface area contributed by atoms with Crippen LogP contribution in [0.15, 0.2) is 54.6 Å². The number of aryl methyl sites for hydroxylation is 1. The summed E-state index contributed by atoms with van der Waals surface area (Å²) in [5.41, 5.74) is 1.19. The molecular weight excluding hydrogens is 368 g/mol. The van der Waals surface area contributed by atoms with Gasteiger partial charge in [0.2, 0.25) is 0 Å². The molecule has 1 aromatic rings. The van der Waals surface area contributed by atoms with E-state index in [2.05, 4.69) is 4.74 Å². The average Bonchev–Trinajstić information content (AvgIpc) is 3.00. The fourth-order valence-corrected chi connectivity index (χ4v) is 3.86. The highest BCUT2D eigenvalue weighted by Crippen LogP contribution is 2.36. The number of aliphatic hydroxyl groups excluding tert-OH is 3. The first-order chi connectivity index (χ1) is 14.0. The van der Waals surface area contributed by atoms with Crippen LogP contribution in [0.3, 0.4) is 0 Å². The highest BCUT2D eigenvalue weighted by atomic mass is 16.5. The van der Waals surface area contributed by atoms with E-state index in [1.807, 2.05) is 48.6 Å². The first kappa shape index (κ1) is 23.3. The fourth-order valence-electron chi connectivity index (χ4n) is 3.86. The van der Waals surface area contributed by atoms with Gasteiger partial charge in [0, 0.05) is 18.8 Å². The van der Waals surface area contributed by atoms with E-state index in [1.165, 1.54) is 12.7 Å². The highest BCUT2D eigenvalue weighted by Gasteiger charge is 2.39. The van der Waals surface area contributed by atoms with Crippen LogP contribution in [0.4, 0.5) is 0 Å². The van der Waals surface area contributed by atoms with Crippen LogP contribution in [0.1, 0.15) is 44.1 Å². The molecule has 0 radical (unpaired) electrons. The average molecular weight is 403 g/mol. The van der Waals surface area contributed by atoms with Crippen molar-refractivity contribution in [2.24, 2.45) is 11.8 Å². The van der Waals surface area contributed by atoms with Crippen LogP contribution >= 0.6 is 0 Å². The molecule has 0 unspecified atom stereocenters. The first-order valence-electron chi connectivity index (χ1n) is 10.5. The van der Waals surface area contributed by atoms with Crippen molar-refractivity contribution in [2.75, 3.05) is 7.11 Å². The van der Waals surface area contributed by atoms with Crippen molar-refractivity contribution >= 4 is 5.97 Å². The van der Waals surface area contributed by atoms with Crippen LogP contribution in [0, 0.1) is 11.8 Å². The molecule has 1 saturated carbocycles. The van der Waals surface area contributed by atoms with Crippen LogP contribution in [-0.4, -0.2) is 46.7 Å². The van der Waals surface area contributed by atoms with Crippen molar-refractivity contribution in [1.29, 1.82) is 0 Å². The maximum Gasteiger partial charge on any atom is 0.305 e. The summed E-state index contributed by atoms with van der Waals surface area (Å²) in [5.74, 6) is -0.445. The van der Waals surface area contributed by atoms with Crippen molar-refractivity contribution in [1.82, 2.24) is 0 Å². The third-order valence-corrected chi connectivity index (χ3v) is 5.60. The zero-order chi connectivity index (χ0) is 21.1. The molecule has 5 heteroatoms. The zero-order valence-corrected chi connectivity index (χ0v) is 17.2. The van der Waals surface area contributed by atoms with Crippen LogP contribution in [0.5, 0.6) is 0 Å². The Kier molecular flexibility index (Phi) is 10.1. The van der Waals surface area contributed by atoms with Crippen LogP contribution in [-0.2, 0) is 16.0 Å². The van der Waals surface area contributed by atoms with Gasteiger partial charge in [0.1, 0.15) is 0 Å². The minimum Gasteiger partial charge on any atom is -0.469 e. The van der Waals surface area contributed by atoms with Gasteiger partial charge in [0.25, 0.3) is 0 Å². The monoisotopic (exact) mass is 402 g/mol. The van der Waals surface area contributed by atoms with E-state index in [0.29, 0.717) is 25.7 Å². The summed E-state index contributed by atoms with van der Waals surface area (Å²) < 4.78 is 4.61. The van der Waals surface area contributed by atoms with Gasteiger partial charge < -0.3 is 20.1 Å². The van der Waals surface area contributed by atoms with Gasteiger partial charge in [-0.2, -0.15) is 0 Å². The molecule has 5 nitrogen and oxygen atoms in total. The van der Waals surface area contributed by atoms with Gasteiger partial charge in [-0.15, -0.1) is 0 Å². The second-order valence-corrected chi connectivity index (χ2v) is 7.76. The van der Waals surface area contributed by atoms with E-state index in [0.717, 1.165) is 19.3 Å². The van der Waals surface area contributed by atoms with Gasteiger partial charge in [-0.3, -0.25) is 4.79 Å². The Bertz CT molecular complexity index is 654. The summed E-state index contributed by atoms with van der Waals surface area (Å²) in [6.45, 7) is 0. The topological polar surface area (TPSA) is 87.0 Å². The molecule has 1 fully saturated rings. The lowest BCUT2D eigenvalue weighted by molar-refractivity contribution is -0.140. The number of hydrogen-bond acceptors (Lipinski definition) is 5. The second-order valence-electron chi connectivity index (χ2n) is 7.76. The molecule has 1 aliphatic carbocycles. The Morgan fingerprint density at radius 2 is 1.97 bits per heavy atom. The Morgan fingerprint density at radius 1 is 1.21 bits per heavy atom. The standard InChI is InChI=1S/C24H34O5/c1-29-24(28)12-8-3-2-7-11-20-21(23(27)17-22(20)26)16-15-19(25)14-13-18-9-5-4-6-10-18/h2,4-7,9-10,15-16,19-23,25-27H,3,8,11-14,17H2,1H3/t19-,20-,21-,22+,23-/m1/s1. The summed E-state index contributed by atoms with van der Waals surface area (Å²) in [5, 5.41) is 30.9. The number of unbranched alkanes of at least 4 members (excludes halogenated alkanes) is 1. The molecule has 0 bridgehead atoms. The number of carbonyl (C=O) groups is 1. The molecule has 3 N–H and O–H groups in total. The van der Waals surface area contributed by atoms with E-state index in [4.69, 9.17) is 0 Å². The van der Waals surface area contributed by atoms with Gasteiger partial charge in [-0.05, 0) is 43.6 Å². The summed E-state index contributed by atoms with van der Waals surface area (Å²) in [7, 11) is 1.39. The maximum atomic E-state index is 11.1. The molecule has 5 atom stereocenters. The predicted molar refractivity (Wildman–Crippen MR) is 113 cm³/mol. The van der Waals surface area contributed by atoms with Gasteiger partial charge in [0.05, 0.1) is 25.4 Å². The number of carbonyl (C=O) groups excluding carboxylic acids is 1. The molecule has 2 rings (SSSR count). The number of rotatable bonds is 11. The van der Waals surface area contributed by atoms with Gasteiger partial charge in [-0.1, -0.05) is 54.6 Å². The quantitative estimate of drug-likeness (QED) is 0.301. The van der Waals surface area contributed by atoms with E-state index < -0.39 is 18.3 Å². The molecule has 29 heavy (non-hydrogen) atoms. The number of methoxy groups -OCH3 is 1. The van der Waals surface area contributed by atoms with Gasteiger partial charge in [-0.25, -0.2) is 0 Å². The lowest BCUT2D eigenvalue weighted by Crippen LogP contribution is -2.20. The maximum absolute atomic E-state index is 11.1. The van der Waals surface area contributed by atoms with Crippen molar-refractivity contribution in [2.45, 2.75) is 63.3 Å². The van der Waals surface area contributed by atoms with Gasteiger partial charge >= 0.3 is 5.97 Å². The number of benzene rings is 1. The second kappa shape index (κ2) is 12.6. The summed E-state index contributed by atoms with van der Waals surface area (Å²) in [6.07, 6.45) is 10.3. The minimum absolute atomic E-state index is 0.0700. The summed E-state index contributed by atoms with van der Waals surface area (Å²) in [6, 6.07) is 10.0. The van der Waals surface area contributed by atoms with E-state index in [9.17, 15) is 20.1 Å². The molecule has 0 saturated heterocycles. The molecule has 0 aromatic heterocycles. The SMILES string of the molecule is COC(=O)CCCC=CC[C@@H]1[C@@H](C=C[C@H](O)CCc2ccccc2)[C@H](O)C[C@@H]1O. The lowest BCUT2D eigenvalue weighted by Gasteiger charge is -2.19. The molecule has 0 heterocycles. The number of hydrogen-bond donors (Lipinski definition) is 3. The van der Waals surface area contributed by atoms with Crippen molar-refractivity contribution in [3.05, 3.63) is 60.2 Å². The summed E-state index contributed by atoms with van der Waals surface area (Å²) >= 11 is 0. The first-order valence-corrected chi connectivity index (χ1v) is 10.5. The Hall–Kier alpha value is -1.95. The largest absolute Gasteiger partial charge is 0.469 e. The minimum atomic E-state index is -0.597. The van der Waals surface area contributed by atoms with Crippen molar-refractivity contribution in [3.8, 4) is 0 Å². The Morgan fingerprint density at radius 3 is 2.69 bits per heavy atom. The van der Waals surface area contributed by atoms with Crippen LogP contribution in [0.25, 0.3) is 0 Å². The summed E-state index contributed by atoms with van der Waals surface area (Å²) in [4.78, 5) is 11.1. The Labute approximate surface area is 173 Å². The van der Waals surface area contributed by atoms with Crippen molar-refractivity contribution < 1.29 is 24.9 Å². The predicted octanol–water partition coefficient (Wildman–Crippen LogP) is 3.18. The molecule has 0 aliphatic heterocycles. The van der Waals surface area contributed by atoms with E-state index in [1.54, 1.807) is 6.08 Å². The molecule has 1 aromatic carbocycles. The molecule has 160 valence electrons. The molecular formula is C24H34O5. The van der Waals surface area contributed by atoms with Gasteiger partial charge in [0.15, 0.2) is 0 Å². The zero-order valence-electron chi connectivity index (χ0n) is 17.2. The number of allylic oxidation sites excluding steroid dienone is 2. The highest BCUT2D eigenvalue weighted by molar-refractivity contribution is 5.69. The lowest BCUT2D eigenvalue weighted by atomic mass is 9.89. The molecule has 0 spiro atoms. The normalized spacial score (nSPS) is 25.7. The molecule has 0 amide bonds. The Balaban J connectivity index is 1.80. The van der Waals surface area contributed by atoms with Crippen molar-refractivity contribution in [3.63, 3.8) is 0 Å². The van der Waals surface area contributed by atoms with Crippen LogP contribution in [0.2, 0.25) is 0 Å². The van der Waals surface area contributed by atoms with E-state index in [-0.39, 0.29) is 17.8 Å². The number of ether oxygens (including phenoxy) is 1. The fraction of sp³-hybridized carbons (Fsp3) is 0.542. The number of aliphatic hydroxyl groups is 3. The van der Waals surface area contributed by atoms with Crippen LogP contribution < -0.4 is 0 Å².